The molecule has 0 N–H and O–H groups in total. The van der Waals surface area contributed by atoms with Crippen LogP contribution in [0.4, 0.5) is 0 Å². The Morgan fingerprint density at radius 1 is 0.400 bits per heavy atom. The average Bonchev–Trinajstić information content (AvgIpc) is 2.03. The summed E-state index contributed by atoms with van der Waals surface area (Å²) in [5, 5.41) is 25.0. The molecule has 10 heavy (non-hydrogen) atoms. The minimum atomic E-state index is 0. The first-order valence-corrected chi connectivity index (χ1v) is 0.894. The molecule has 0 amide bonds. The van der Waals surface area contributed by atoms with Crippen LogP contribution in [0.5, 0.6) is 0 Å². The Labute approximate surface area is 121 Å². The topological polar surface area (TPSA) is 95.2 Å². The van der Waals surface area contributed by atoms with E-state index in [1.165, 1.54) is 0 Å². The van der Waals surface area contributed by atoms with E-state index in [1.807, 2.05) is 0 Å². The summed E-state index contributed by atoms with van der Waals surface area (Å²) in [5.74, 6) is 0. The van der Waals surface area contributed by atoms with Gasteiger partial charge < -0.3 is 47.3 Å². The molecule has 0 aromatic heterocycles. The third kappa shape index (κ3) is 2060. The van der Waals surface area contributed by atoms with Crippen LogP contribution >= 0.6 is 0 Å². The van der Waals surface area contributed by atoms with Gasteiger partial charge in [0.2, 0.25) is 0 Å². The summed E-state index contributed by atoms with van der Waals surface area (Å²) in [6.45, 7) is 19.0. The van der Waals surface area contributed by atoms with Crippen LogP contribution in [0.25, 0.3) is 0 Å². The Morgan fingerprint density at radius 3 is 0.400 bits per heavy atom. The van der Waals surface area contributed by atoms with Crippen molar-refractivity contribution in [2.75, 3.05) is 0 Å². The number of rotatable bonds is 0. The number of hydrogen-bond acceptors (Lipinski definition) is 4. The van der Waals surface area contributed by atoms with Crippen molar-refractivity contribution in [3.05, 3.63) is 26.3 Å². The van der Waals surface area contributed by atoms with E-state index in [1.54, 1.807) is 0 Å². The molecule has 0 atom stereocenters. The Bertz CT molecular complexity index is 58.2. The summed E-state index contributed by atoms with van der Waals surface area (Å²) in [7, 11) is 0. The Balaban J connectivity index is -0.00000000500. The summed E-state index contributed by atoms with van der Waals surface area (Å²) < 4.78 is 0. The van der Waals surface area contributed by atoms with E-state index in [-0.39, 0.29) is 75.5 Å². The summed E-state index contributed by atoms with van der Waals surface area (Å²) in [4.78, 5) is 0. The van der Waals surface area contributed by atoms with Gasteiger partial charge in [0, 0.05) is 0 Å². The molecule has 0 saturated heterocycles. The molecule has 0 heterocycles. The molecule has 0 aliphatic carbocycles. The fourth-order valence-corrected chi connectivity index (χ4v) is 0. The van der Waals surface area contributed by atoms with E-state index in [0.717, 1.165) is 0 Å². The summed E-state index contributed by atoms with van der Waals surface area (Å²) in [6.07, 6.45) is 0. The summed E-state index contributed by atoms with van der Waals surface area (Å²) >= 11 is 0. The van der Waals surface area contributed by atoms with Crippen LogP contribution in [0.15, 0.2) is 0 Å². The molecule has 0 bridgehead atoms. The van der Waals surface area contributed by atoms with Gasteiger partial charge in [-0.3, -0.25) is 0 Å². The van der Waals surface area contributed by atoms with Gasteiger partial charge in [-0.05, 0) is 0 Å². The minimum Gasteiger partial charge on any atom is -0.512 e. The van der Waals surface area contributed by atoms with E-state index in [2.05, 4.69) is 0 Å². The first-order chi connectivity index (χ1) is 4.00. The summed E-state index contributed by atoms with van der Waals surface area (Å²) in [6, 6.07) is 0. The van der Waals surface area contributed by atoms with Gasteiger partial charge in [0.1, 0.15) is 0 Å². The molecule has 0 radical (unpaired) electrons. The van der Waals surface area contributed by atoms with Crippen molar-refractivity contribution in [2.45, 2.75) is 0 Å². The van der Waals surface area contributed by atoms with E-state index in [0.29, 0.717) is 0 Å². The molecule has 6 heteroatoms. The smallest absolute Gasteiger partial charge is 0.512 e. The Hall–Kier alpha value is 0.479. The van der Waals surface area contributed by atoms with Crippen LogP contribution in [-0.2, 0) is 0 Å². The molecule has 0 aromatic rings. The number of nitrogens with zero attached hydrogens (tertiary/aromatic N) is 4. The first-order valence-electron chi connectivity index (χ1n) is 0.894. The van der Waals surface area contributed by atoms with Crippen LogP contribution in [-0.4, -0.2) is 75.5 Å². The van der Waals surface area contributed by atoms with E-state index in [9.17, 15) is 0 Å². The fraction of sp³-hybridized carbons (Fsp3) is 0. The van der Waals surface area contributed by atoms with Gasteiger partial charge >= 0.3 is 75.5 Å². The van der Waals surface area contributed by atoms with Crippen LogP contribution in [0.3, 0.4) is 0 Å². The van der Waals surface area contributed by atoms with E-state index >= 15 is 0 Å². The van der Waals surface area contributed by atoms with Crippen molar-refractivity contribution in [3.8, 4) is 0 Å². The number of hydrogen-bond donors (Lipinski definition) is 0. The molecule has 0 aliphatic heterocycles. The van der Waals surface area contributed by atoms with Crippen molar-refractivity contribution in [1.29, 1.82) is 21.0 Å². The minimum absolute atomic E-state index is 0. The van der Waals surface area contributed by atoms with Crippen molar-refractivity contribution in [1.82, 2.24) is 0 Å². The van der Waals surface area contributed by atoms with Gasteiger partial charge in [-0.2, -0.15) is 0 Å². The van der Waals surface area contributed by atoms with Crippen molar-refractivity contribution in [3.63, 3.8) is 0 Å². The van der Waals surface area contributed by atoms with Gasteiger partial charge in [-0.25, -0.2) is 0 Å². The van der Waals surface area contributed by atoms with Crippen LogP contribution in [0.1, 0.15) is 0 Å². The van der Waals surface area contributed by atoms with Crippen molar-refractivity contribution < 1.29 is 0 Å². The van der Waals surface area contributed by atoms with E-state index < -0.39 is 0 Å². The van der Waals surface area contributed by atoms with Gasteiger partial charge in [0.05, 0.1) is 0 Å². The van der Waals surface area contributed by atoms with Crippen molar-refractivity contribution >= 4 is 75.5 Å². The fourth-order valence-electron chi connectivity index (χ4n) is 0. The average molecular weight is 184 g/mol. The predicted molar refractivity (Wildman–Crippen MR) is 31.4 cm³/mol. The second-order valence-corrected chi connectivity index (χ2v) is 0. The van der Waals surface area contributed by atoms with Crippen molar-refractivity contribution in [2.24, 2.45) is 0 Å². The third-order valence-electron chi connectivity index (χ3n) is 0. The SMILES string of the molecule is [C-]#N.[C-]#N.[C-]#N.[C-]#N.[Ca+2].[Ca+2]. The zero-order valence-corrected chi connectivity index (χ0v) is 9.62. The predicted octanol–water partition coefficient (Wildman–Crippen LogP) is -0.376. The molecule has 0 aromatic carbocycles. The summed E-state index contributed by atoms with van der Waals surface area (Å²) in [5.41, 5.74) is 0. The molecule has 4 nitrogen and oxygen atoms in total. The Morgan fingerprint density at radius 2 is 0.400 bits per heavy atom. The molecule has 40 valence electrons. The second kappa shape index (κ2) is 2960. The Kier molecular flexibility index (Phi) is 13900. The maximum absolute atomic E-state index is 6.25. The maximum Gasteiger partial charge on any atom is 2.00 e. The molecule has 0 spiro atoms. The molecule has 0 saturated carbocycles. The maximum atomic E-state index is 6.25. The molecular weight excluding hydrogens is 184 g/mol. The largest absolute Gasteiger partial charge is 2.00 e. The molecule has 0 rings (SSSR count). The normalized spacial score (nSPS) is 0.800. The first kappa shape index (κ1) is 46.9. The van der Waals surface area contributed by atoms with Gasteiger partial charge in [0.25, 0.3) is 0 Å². The quantitative estimate of drug-likeness (QED) is 0.379. The van der Waals surface area contributed by atoms with Gasteiger partial charge in [0.15, 0.2) is 0 Å². The molecular formula is C4Ca2N4. The van der Waals surface area contributed by atoms with Gasteiger partial charge in [-0.15, -0.1) is 0 Å². The monoisotopic (exact) mass is 184 g/mol. The molecule has 0 fully saturated rings. The third-order valence-corrected chi connectivity index (χ3v) is 0. The van der Waals surface area contributed by atoms with Crippen LogP contribution in [0, 0.1) is 47.3 Å². The second-order valence-electron chi connectivity index (χ2n) is 0. The zero-order valence-electron chi connectivity index (χ0n) is 5.20. The zero-order chi connectivity index (χ0) is 8.00. The standard InChI is InChI=1S/4CN.2Ca/c4*1-2;;/q4*-1;2*+2. The molecule has 0 aliphatic rings. The van der Waals surface area contributed by atoms with Gasteiger partial charge in [-0.1, -0.05) is 0 Å². The molecule has 0 unspecified atom stereocenters. The van der Waals surface area contributed by atoms with E-state index in [4.69, 9.17) is 47.3 Å². The van der Waals surface area contributed by atoms with Crippen LogP contribution < -0.4 is 0 Å². The van der Waals surface area contributed by atoms with Crippen LogP contribution in [0.2, 0.25) is 0 Å².